The van der Waals surface area contributed by atoms with Gasteiger partial charge in [0.2, 0.25) is 5.91 Å². The Kier molecular flexibility index (Phi) is 4.99. The largest absolute Gasteiger partial charge is 0.358 e. The summed E-state index contributed by atoms with van der Waals surface area (Å²) in [7, 11) is 0. The van der Waals surface area contributed by atoms with Crippen molar-refractivity contribution in [3.8, 4) is 0 Å². The molecule has 0 unspecified atom stereocenters. The van der Waals surface area contributed by atoms with Crippen LogP contribution in [0.1, 0.15) is 29.3 Å². The maximum Gasteiger partial charge on any atom is 0.224 e. The van der Waals surface area contributed by atoms with Crippen LogP contribution in [0.4, 0.5) is 0 Å². The van der Waals surface area contributed by atoms with Crippen LogP contribution >= 0.6 is 0 Å². The Bertz CT molecular complexity index is 834. The molecule has 3 aromatic rings. The Balaban J connectivity index is 1.65. The van der Waals surface area contributed by atoms with Gasteiger partial charge in [-0.05, 0) is 48.6 Å². The third-order valence-electron chi connectivity index (χ3n) is 4.51. The average Bonchev–Trinajstić information content (AvgIpc) is 2.90. The molecule has 3 nitrogen and oxygen atoms in total. The Hall–Kier alpha value is -2.55. The van der Waals surface area contributed by atoms with E-state index in [1.807, 2.05) is 25.1 Å². The fourth-order valence-corrected chi connectivity index (χ4v) is 3.09. The van der Waals surface area contributed by atoms with E-state index >= 15 is 0 Å². The number of benzene rings is 2. The van der Waals surface area contributed by atoms with Gasteiger partial charge in [-0.15, -0.1) is 0 Å². The van der Waals surface area contributed by atoms with Crippen LogP contribution in [-0.2, 0) is 24.1 Å². The average molecular weight is 320 g/mol. The van der Waals surface area contributed by atoms with E-state index in [2.05, 4.69) is 47.6 Å². The number of amides is 1. The summed E-state index contributed by atoms with van der Waals surface area (Å²) in [4.78, 5) is 15.7. The van der Waals surface area contributed by atoms with Gasteiger partial charge in [-0.2, -0.15) is 0 Å². The van der Waals surface area contributed by atoms with Crippen molar-refractivity contribution < 1.29 is 4.79 Å². The number of hydrogen-bond acceptors (Lipinski definition) is 1. The number of fused-ring (bicyclic) bond motifs is 1. The molecule has 0 fully saturated rings. The van der Waals surface area contributed by atoms with Crippen LogP contribution in [0.5, 0.6) is 0 Å². The lowest BCUT2D eigenvalue weighted by Crippen LogP contribution is -2.27. The van der Waals surface area contributed by atoms with E-state index in [1.165, 1.54) is 16.5 Å². The van der Waals surface area contributed by atoms with Crippen molar-refractivity contribution in [2.24, 2.45) is 0 Å². The van der Waals surface area contributed by atoms with E-state index in [1.54, 1.807) is 0 Å². The highest BCUT2D eigenvalue weighted by Gasteiger charge is 2.12. The van der Waals surface area contributed by atoms with Gasteiger partial charge in [0.1, 0.15) is 0 Å². The fourth-order valence-electron chi connectivity index (χ4n) is 3.09. The van der Waals surface area contributed by atoms with Crippen LogP contribution < -0.4 is 5.32 Å². The van der Waals surface area contributed by atoms with Crippen LogP contribution in [0.3, 0.4) is 0 Å². The standard InChI is InChI=1S/C21H24N2O/c1-3-16-9-10-20-19(13-16)18(15(2)23-20)14-21(24)22-12-11-17-7-5-4-6-8-17/h4-10,13,23H,3,11-12,14H2,1-2H3,(H,22,24). The molecular weight excluding hydrogens is 296 g/mol. The van der Waals surface area contributed by atoms with Crippen LogP contribution in [0.25, 0.3) is 10.9 Å². The van der Waals surface area contributed by atoms with Gasteiger partial charge in [-0.3, -0.25) is 4.79 Å². The maximum absolute atomic E-state index is 12.3. The molecule has 124 valence electrons. The van der Waals surface area contributed by atoms with Crippen molar-refractivity contribution in [3.05, 3.63) is 70.9 Å². The van der Waals surface area contributed by atoms with E-state index in [4.69, 9.17) is 0 Å². The SMILES string of the molecule is CCc1ccc2[nH]c(C)c(CC(=O)NCCc3ccccc3)c2c1. The molecular formula is C21H24N2O. The molecule has 1 aromatic heterocycles. The highest BCUT2D eigenvalue weighted by molar-refractivity contribution is 5.90. The quantitative estimate of drug-likeness (QED) is 0.710. The van der Waals surface area contributed by atoms with Crippen LogP contribution in [0.15, 0.2) is 48.5 Å². The Labute approximate surface area is 143 Å². The fraction of sp³-hybridized carbons (Fsp3) is 0.286. The predicted octanol–water partition coefficient (Wildman–Crippen LogP) is 3.94. The Morgan fingerprint density at radius 3 is 2.62 bits per heavy atom. The second-order valence-electron chi connectivity index (χ2n) is 6.22. The van der Waals surface area contributed by atoms with Gasteiger partial charge in [-0.25, -0.2) is 0 Å². The smallest absolute Gasteiger partial charge is 0.224 e. The van der Waals surface area contributed by atoms with E-state index in [0.29, 0.717) is 13.0 Å². The maximum atomic E-state index is 12.3. The summed E-state index contributed by atoms with van der Waals surface area (Å²) < 4.78 is 0. The second kappa shape index (κ2) is 7.35. The number of hydrogen-bond donors (Lipinski definition) is 2. The van der Waals surface area contributed by atoms with Gasteiger partial charge >= 0.3 is 0 Å². The van der Waals surface area contributed by atoms with Gasteiger partial charge in [-0.1, -0.05) is 43.3 Å². The van der Waals surface area contributed by atoms with Crippen molar-refractivity contribution in [2.45, 2.75) is 33.1 Å². The topological polar surface area (TPSA) is 44.9 Å². The number of carbonyl (C=O) groups is 1. The molecule has 0 aliphatic carbocycles. The van der Waals surface area contributed by atoms with E-state index in [-0.39, 0.29) is 5.91 Å². The molecule has 0 aliphatic rings. The highest BCUT2D eigenvalue weighted by Crippen LogP contribution is 2.24. The zero-order valence-corrected chi connectivity index (χ0v) is 14.4. The third kappa shape index (κ3) is 3.67. The molecule has 3 heteroatoms. The predicted molar refractivity (Wildman–Crippen MR) is 99.3 cm³/mol. The molecule has 0 atom stereocenters. The minimum Gasteiger partial charge on any atom is -0.358 e. The van der Waals surface area contributed by atoms with Gasteiger partial charge in [0, 0.05) is 23.1 Å². The number of rotatable bonds is 6. The summed E-state index contributed by atoms with van der Waals surface area (Å²) in [6.07, 6.45) is 2.29. The Morgan fingerprint density at radius 2 is 1.88 bits per heavy atom. The van der Waals surface area contributed by atoms with Gasteiger partial charge < -0.3 is 10.3 Å². The van der Waals surface area contributed by atoms with Gasteiger partial charge in [0.15, 0.2) is 0 Å². The van der Waals surface area contributed by atoms with Gasteiger partial charge in [0.25, 0.3) is 0 Å². The molecule has 1 heterocycles. The molecule has 0 saturated heterocycles. The molecule has 2 aromatic carbocycles. The normalized spacial score (nSPS) is 10.9. The summed E-state index contributed by atoms with van der Waals surface area (Å²) in [6, 6.07) is 16.7. The summed E-state index contributed by atoms with van der Waals surface area (Å²) >= 11 is 0. The molecule has 3 rings (SSSR count). The minimum absolute atomic E-state index is 0.0804. The van der Waals surface area contributed by atoms with E-state index in [9.17, 15) is 4.79 Å². The highest BCUT2D eigenvalue weighted by atomic mass is 16.1. The first kappa shape index (κ1) is 16.3. The lowest BCUT2D eigenvalue weighted by molar-refractivity contribution is -0.120. The third-order valence-corrected chi connectivity index (χ3v) is 4.51. The van der Waals surface area contributed by atoms with Crippen molar-refractivity contribution in [1.29, 1.82) is 0 Å². The molecule has 0 radical (unpaired) electrons. The first-order chi connectivity index (χ1) is 11.7. The van der Waals surface area contributed by atoms with Crippen molar-refractivity contribution in [1.82, 2.24) is 10.3 Å². The van der Waals surface area contributed by atoms with Crippen LogP contribution in [0, 0.1) is 6.92 Å². The first-order valence-electron chi connectivity index (χ1n) is 8.58. The van der Waals surface area contributed by atoms with Crippen molar-refractivity contribution in [3.63, 3.8) is 0 Å². The number of carbonyl (C=O) groups excluding carboxylic acids is 1. The lowest BCUT2D eigenvalue weighted by atomic mass is 10.0. The van der Waals surface area contributed by atoms with Crippen LogP contribution in [0.2, 0.25) is 0 Å². The number of nitrogens with one attached hydrogen (secondary N) is 2. The molecule has 24 heavy (non-hydrogen) atoms. The minimum atomic E-state index is 0.0804. The Morgan fingerprint density at radius 1 is 1.08 bits per heavy atom. The molecule has 1 amide bonds. The molecule has 0 spiro atoms. The van der Waals surface area contributed by atoms with E-state index in [0.717, 1.165) is 29.6 Å². The number of aromatic amines is 1. The molecule has 0 bridgehead atoms. The summed E-state index contributed by atoms with van der Waals surface area (Å²) in [6.45, 7) is 4.86. The number of aryl methyl sites for hydroxylation is 2. The lowest BCUT2D eigenvalue weighted by Gasteiger charge is -2.06. The summed E-state index contributed by atoms with van der Waals surface area (Å²) in [5.41, 5.74) is 5.84. The zero-order chi connectivity index (χ0) is 16.9. The van der Waals surface area contributed by atoms with Crippen LogP contribution in [-0.4, -0.2) is 17.4 Å². The van der Waals surface area contributed by atoms with Crippen molar-refractivity contribution >= 4 is 16.8 Å². The second-order valence-corrected chi connectivity index (χ2v) is 6.22. The van der Waals surface area contributed by atoms with Crippen molar-refractivity contribution in [2.75, 3.05) is 6.54 Å². The number of H-pyrrole nitrogens is 1. The summed E-state index contributed by atoms with van der Waals surface area (Å²) in [5, 5.41) is 4.21. The summed E-state index contributed by atoms with van der Waals surface area (Å²) in [5.74, 6) is 0.0804. The van der Waals surface area contributed by atoms with Gasteiger partial charge in [0.05, 0.1) is 6.42 Å². The molecule has 0 saturated carbocycles. The number of aromatic nitrogens is 1. The molecule has 2 N–H and O–H groups in total. The first-order valence-corrected chi connectivity index (χ1v) is 8.58. The zero-order valence-electron chi connectivity index (χ0n) is 14.4. The van der Waals surface area contributed by atoms with E-state index < -0.39 is 0 Å². The molecule has 0 aliphatic heterocycles. The monoisotopic (exact) mass is 320 g/mol.